The second-order valence-electron chi connectivity index (χ2n) is 6.79. The highest BCUT2D eigenvalue weighted by Gasteiger charge is 2.32. The lowest BCUT2D eigenvalue weighted by Crippen LogP contribution is -2.46. The van der Waals surface area contributed by atoms with E-state index in [0.717, 1.165) is 24.2 Å². The standard InChI is InChI=1S/C20H25NO3/c22-18-8-6-17(7-9-18)19(23)15-21-12-10-20(24,11-13-21)14-16-4-2-1-3-5-16/h1-9,19,22-24H,10-15H2. The van der Waals surface area contributed by atoms with E-state index in [1.165, 1.54) is 0 Å². The zero-order valence-corrected chi connectivity index (χ0v) is 13.8. The Morgan fingerprint density at radius 3 is 2.21 bits per heavy atom. The van der Waals surface area contributed by atoms with Crippen molar-refractivity contribution in [3.63, 3.8) is 0 Å². The summed E-state index contributed by atoms with van der Waals surface area (Å²) in [4.78, 5) is 2.19. The molecular formula is C20H25NO3. The lowest BCUT2D eigenvalue weighted by molar-refractivity contribution is -0.0295. The zero-order chi connectivity index (χ0) is 17.0. The number of nitrogens with zero attached hydrogens (tertiary/aromatic N) is 1. The van der Waals surface area contributed by atoms with E-state index in [4.69, 9.17) is 0 Å². The third-order valence-electron chi connectivity index (χ3n) is 4.87. The number of aliphatic hydroxyl groups excluding tert-OH is 1. The molecule has 1 fully saturated rings. The van der Waals surface area contributed by atoms with E-state index < -0.39 is 11.7 Å². The van der Waals surface area contributed by atoms with Gasteiger partial charge in [-0.05, 0) is 36.1 Å². The predicted octanol–water partition coefficient (Wildman–Crippen LogP) is 2.50. The molecule has 1 atom stereocenters. The van der Waals surface area contributed by atoms with Crippen LogP contribution in [0.15, 0.2) is 54.6 Å². The summed E-state index contributed by atoms with van der Waals surface area (Å²) < 4.78 is 0. The van der Waals surface area contributed by atoms with Gasteiger partial charge < -0.3 is 20.2 Å². The molecule has 4 nitrogen and oxygen atoms in total. The van der Waals surface area contributed by atoms with Crippen LogP contribution in [-0.2, 0) is 6.42 Å². The number of hydrogen-bond donors (Lipinski definition) is 3. The number of β-amino-alcohol motifs (C(OH)–C–C–N with tert-alkyl or cyclic N) is 1. The number of benzene rings is 2. The number of phenolic OH excluding ortho intramolecular Hbond substituents is 1. The van der Waals surface area contributed by atoms with E-state index in [-0.39, 0.29) is 5.75 Å². The molecule has 1 heterocycles. The number of aromatic hydroxyl groups is 1. The molecule has 0 bridgehead atoms. The number of rotatable bonds is 5. The summed E-state index contributed by atoms with van der Waals surface area (Å²) in [5, 5.41) is 30.5. The van der Waals surface area contributed by atoms with E-state index in [9.17, 15) is 15.3 Å². The number of piperidine rings is 1. The van der Waals surface area contributed by atoms with Gasteiger partial charge in [-0.25, -0.2) is 0 Å². The third-order valence-corrected chi connectivity index (χ3v) is 4.87. The van der Waals surface area contributed by atoms with Crippen molar-refractivity contribution in [2.45, 2.75) is 31.0 Å². The summed E-state index contributed by atoms with van der Waals surface area (Å²) in [6.07, 6.45) is 1.53. The van der Waals surface area contributed by atoms with Gasteiger partial charge in [-0.15, -0.1) is 0 Å². The fourth-order valence-electron chi connectivity index (χ4n) is 3.35. The van der Waals surface area contributed by atoms with Crippen LogP contribution >= 0.6 is 0 Å². The summed E-state index contributed by atoms with van der Waals surface area (Å²) in [6.45, 7) is 2.10. The van der Waals surface area contributed by atoms with Crippen LogP contribution in [0.2, 0.25) is 0 Å². The van der Waals surface area contributed by atoms with Crippen LogP contribution in [-0.4, -0.2) is 45.5 Å². The van der Waals surface area contributed by atoms with Crippen molar-refractivity contribution in [3.8, 4) is 5.75 Å². The molecule has 2 aromatic carbocycles. The molecule has 0 radical (unpaired) electrons. The average Bonchev–Trinajstić information content (AvgIpc) is 2.58. The molecule has 2 aromatic rings. The second kappa shape index (κ2) is 7.34. The van der Waals surface area contributed by atoms with Crippen LogP contribution in [0.25, 0.3) is 0 Å². The van der Waals surface area contributed by atoms with Crippen LogP contribution < -0.4 is 0 Å². The maximum Gasteiger partial charge on any atom is 0.115 e. The number of aliphatic hydroxyl groups is 2. The van der Waals surface area contributed by atoms with Gasteiger partial charge in [0.1, 0.15) is 5.75 Å². The number of likely N-dealkylation sites (tertiary alicyclic amines) is 1. The Hall–Kier alpha value is -1.88. The van der Waals surface area contributed by atoms with E-state index in [2.05, 4.69) is 17.0 Å². The van der Waals surface area contributed by atoms with Gasteiger partial charge in [-0.3, -0.25) is 0 Å². The van der Waals surface area contributed by atoms with Gasteiger partial charge in [0.05, 0.1) is 11.7 Å². The molecular weight excluding hydrogens is 302 g/mol. The van der Waals surface area contributed by atoms with Crippen molar-refractivity contribution in [1.29, 1.82) is 0 Å². The van der Waals surface area contributed by atoms with Crippen LogP contribution in [0.5, 0.6) is 5.75 Å². The molecule has 0 aliphatic carbocycles. The molecule has 0 aromatic heterocycles. The minimum atomic E-state index is -0.651. The van der Waals surface area contributed by atoms with Crippen molar-refractivity contribution in [1.82, 2.24) is 4.90 Å². The lowest BCUT2D eigenvalue weighted by atomic mass is 9.85. The number of phenols is 1. The summed E-state index contributed by atoms with van der Waals surface area (Å²) >= 11 is 0. The fraction of sp³-hybridized carbons (Fsp3) is 0.400. The average molecular weight is 327 g/mol. The third kappa shape index (κ3) is 4.35. The molecule has 0 saturated carbocycles. The molecule has 1 aliphatic heterocycles. The van der Waals surface area contributed by atoms with Crippen molar-refractivity contribution >= 4 is 0 Å². The molecule has 3 rings (SSSR count). The molecule has 0 spiro atoms. The maximum absolute atomic E-state index is 10.8. The molecule has 3 N–H and O–H groups in total. The minimum absolute atomic E-state index is 0.204. The molecule has 1 aliphatic rings. The van der Waals surface area contributed by atoms with Gasteiger partial charge in [-0.2, -0.15) is 0 Å². The summed E-state index contributed by atoms with van der Waals surface area (Å²) in [5.74, 6) is 0.204. The molecule has 24 heavy (non-hydrogen) atoms. The highest BCUT2D eigenvalue weighted by atomic mass is 16.3. The first-order chi connectivity index (χ1) is 11.5. The monoisotopic (exact) mass is 327 g/mol. The maximum atomic E-state index is 10.8. The summed E-state index contributed by atoms with van der Waals surface area (Å²) in [6, 6.07) is 16.8. The Morgan fingerprint density at radius 2 is 1.58 bits per heavy atom. The molecule has 0 amide bonds. The largest absolute Gasteiger partial charge is 0.508 e. The van der Waals surface area contributed by atoms with Gasteiger partial charge in [0.2, 0.25) is 0 Å². The first-order valence-corrected chi connectivity index (χ1v) is 8.50. The molecule has 1 unspecified atom stereocenters. The highest BCUT2D eigenvalue weighted by molar-refractivity contribution is 5.27. The van der Waals surface area contributed by atoms with Crippen LogP contribution in [0.1, 0.15) is 30.1 Å². The zero-order valence-electron chi connectivity index (χ0n) is 13.8. The predicted molar refractivity (Wildman–Crippen MR) is 93.8 cm³/mol. The first-order valence-electron chi connectivity index (χ1n) is 8.50. The van der Waals surface area contributed by atoms with Crippen LogP contribution in [0.3, 0.4) is 0 Å². The van der Waals surface area contributed by atoms with Gasteiger partial charge in [0.15, 0.2) is 0 Å². The summed E-state index contributed by atoms with van der Waals surface area (Å²) in [5.41, 5.74) is 1.32. The number of hydrogen-bond acceptors (Lipinski definition) is 4. The SMILES string of the molecule is Oc1ccc(C(O)CN2CCC(O)(Cc3ccccc3)CC2)cc1. The van der Waals surface area contributed by atoms with Crippen molar-refractivity contribution in [2.24, 2.45) is 0 Å². The van der Waals surface area contributed by atoms with E-state index >= 15 is 0 Å². The fourth-order valence-corrected chi connectivity index (χ4v) is 3.35. The van der Waals surface area contributed by atoms with Crippen molar-refractivity contribution in [3.05, 3.63) is 65.7 Å². The van der Waals surface area contributed by atoms with E-state index in [0.29, 0.717) is 25.8 Å². The second-order valence-corrected chi connectivity index (χ2v) is 6.79. The topological polar surface area (TPSA) is 63.9 Å². The van der Waals surface area contributed by atoms with Crippen molar-refractivity contribution in [2.75, 3.05) is 19.6 Å². The van der Waals surface area contributed by atoms with Crippen molar-refractivity contribution < 1.29 is 15.3 Å². The summed E-state index contributed by atoms with van der Waals surface area (Å²) in [7, 11) is 0. The van der Waals surface area contributed by atoms with E-state index in [1.54, 1.807) is 24.3 Å². The molecule has 1 saturated heterocycles. The minimum Gasteiger partial charge on any atom is -0.508 e. The van der Waals surface area contributed by atoms with Gasteiger partial charge in [-0.1, -0.05) is 42.5 Å². The highest BCUT2D eigenvalue weighted by Crippen LogP contribution is 2.27. The van der Waals surface area contributed by atoms with E-state index in [1.807, 2.05) is 18.2 Å². The first kappa shape index (κ1) is 17.0. The van der Waals surface area contributed by atoms with Gasteiger partial charge in [0, 0.05) is 26.1 Å². The Bertz CT molecular complexity index is 634. The Kier molecular flexibility index (Phi) is 5.19. The smallest absolute Gasteiger partial charge is 0.115 e. The van der Waals surface area contributed by atoms with Gasteiger partial charge >= 0.3 is 0 Å². The molecule has 4 heteroatoms. The Labute approximate surface area is 143 Å². The van der Waals surface area contributed by atoms with Crippen LogP contribution in [0.4, 0.5) is 0 Å². The lowest BCUT2D eigenvalue weighted by Gasteiger charge is -2.39. The Morgan fingerprint density at radius 1 is 0.958 bits per heavy atom. The van der Waals surface area contributed by atoms with Gasteiger partial charge in [0.25, 0.3) is 0 Å². The quantitative estimate of drug-likeness (QED) is 0.789. The Balaban J connectivity index is 1.52. The normalized spacial score (nSPS) is 19.1. The molecule has 128 valence electrons. The van der Waals surface area contributed by atoms with Crippen LogP contribution in [0, 0.1) is 0 Å².